The van der Waals surface area contributed by atoms with E-state index in [1.807, 2.05) is 32.0 Å². The van der Waals surface area contributed by atoms with Gasteiger partial charge in [-0.2, -0.15) is 0 Å². The van der Waals surface area contributed by atoms with E-state index in [2.05, 4.69) is 43.1 Å². The summed E-state index contributed by atoms with van der Waals surface area (Å²) in [5.41, 5.74) is 3.57. The maximum Gasteiger partial charge on any atom is 0.248 e. The lowest BCUT2D eigenvalue weighted by Gasteiger charge is -2.27. The molecular weight excluding hydrogens is 534 g/mol. The molecule has 1 aliphatic heterocycles. The maximum absolute atomic E-state index is 13.7. The molecule has 1 aliphatic carbocycles. The van der Waals surface area contributed by atoms with Crippen LogP contribution < -0.4 is 5.32 Å². The Labute approximate surface area is 224 Å². The Bertz CT molecular complexity index is 1420. The van der Waals surface area contributed by atoms with Gasteiger partial charge in [0, 0.05) is 29.6 Å². The molecule has 0 radical (unpaired) electrons. The number of likely N-dealkylation sites (tertiary alicyclic amines) is 1. The second-order valence-electron chi connectivity index (χ2n) is 10.4. The van der Waals surface area contributed by atoms with Crippen molar-refractivity contribution in [3.8, 4) is 11.1 Å². The van der Waals surface area contributed by atoms with Crippen molar-refractivity contribution in [2.24, 2.45) is 5.41 Å². The highest BCUT2D eigenvalue weighted by molar-refractivity contribution is 9.10. The number of amides is 2. The highest BCUT2D eigenvalue weighted by Crippen LogP contribution is 2.59. The number of Topliss-reactive ketones (excluding diaryl/α,β-unsaturated/α-hetero) is 1. The number of nitrogens with zero attached hydrogens (tertiary/aromatic N) is 4. The molecule has 1 saturated heterocycles. The molecule has 8 nitrogen and oxygen atoms in total. The largest absolute Gasteiger partial charge is 0.327 e. The molecule has 190 valence electrons. The van der Waals surface area contributed by atoms with E-state index in [0.29, 0.717) is 33.8 Å². The molecule has 2 aromatic heterocycles. The lowest BCUT2D eigenvalue weighted by molar-refractivity contribution is -0.137. The van der Waals surface area contributed by atoms with Gasteiger partial charge in [-0.3, -0.25) is 14.4 Å². The van der Waals surface area contributed by atoms with E-state index in [0.717, 1.165) is 23.1 Å². The van der Waals surface area contributed by atoms with Crippen molar-refractivity contribution in [2.45, 2.75) is 59.0 Å². The Balaban J connectivity index is 1.40. The first kappa shape index (κ1) is 25.2. The maximum atomic E-state index is 13.7. The highest BCUT2D eigenvalue weighted by Gasteiger charge is 2.64. The third-order valence-corrected chi connectivity index (χ3v) is 7.84. The summed E-state index contributed by atoms with van der Waals surface area (Å²) in [5, 5.41) is 2.93. The molecule has 2 fully saturated rings. The van der Waals surface area contributed by atoms with Crippen LogP contribution in [0.5, 0.6) is 0 Å². The van der Waals surface area contributed by atoms with Crippen LogP contribution in [0.15, 0.2) is 47.3 Å². The van der Waals surface area contributed by atoms with Crippen molar-refractivity contribution < 1.29 is 14.4 Å². The number of carbonyl (C=O) groups excluding carboxylic acids is 3. The van der Waals surface area contributed by atoms with Crippen LogP contribution in [0.3, 0.4) is 0 Å². The number of carbonyl (C=O) groups is 3. The number of piperidine rings is 1. The molecule has 9 heteroatoms. The van der Waals surface area contributed by atoms with Gasteiger partial charge >= 0.3 is 0 Å². The van der Waals surface area contributed by atoms with Crippen molar-refractivity contribution >= 4 is 39.3 Å². The summed E-state index contributed by atoms with van der Waals surface area (Å²) in [7, 11) is 0. The standard InChI is InChI=1S/C28H28BrN5O3/c1-15-5-6-24(29)32-26(15)33-27(37)22-11-28(4)12-23(28)34(22)25(36)9-18-7-19(16(2)35)10-20(8-18)21-13-30-17(3)31-14-21/h5-8,10,13-14,22-23H,9,11-12H2,1-4H3,(H,32,33,37)/t22-,23+,28-/m0/s1. The van der Waals surface area contributed by atoms with Crippen LogP contribution in [0.2, 0.25) is 0 Å². The van der Waals surface area contributed by atoms with Gasteiger partial charge in [-0.05, 0) is 89.8 Å². The number of anilines is 1. The number of halogens is 1. The van der Waals surface area contributed by atoms with Gasteiger partial charge in [-0.1, -0.05) is 19.1 Å². The van der Waals surface area contributed by atoms with Gasteiger partial charge in [-0.25, -0.2) is 15.0 Å². The SMILES string of the molecule is CC(=O)c1cc(CC(=O)N2[C@H](C(=O)Nc3nc(Br)ccc3C)C[C@@]3(C)C[C@@H]23)cc(-c2cnc(C)nc2)c1. The molecule has 5 rings (SSSR count). The Morgan fingerprint density at radius 2 is 1.81 bits per heavy atom. The average molecular weight is 562 g/mol. The number of ketones is 1. The summed E-state index contributed by atoms with van der Waals surface area (Å²) in [6.07, 6.45) is 5.01. The number of fused-ring (bicyclic) bond motifs is 1. The molecule has 1 aromatic carbocycles. The van der Waals surface area contributed by atoms with E-state index in [1.165, 1.54) is 6.92 Å². The topological polar surface area (TPSA) is 105 Å². The first-order valence-corrected chi connectivity index (χ1v) is 13.0. The minimum atomic E-state index is -0.572. The van der Waals surface area contributed by atoms with Crippen molar-refractivity contribution in [1.82, 2.24) is 19.9 Å². The number of benzene rings is 1. The van der Waals surface area contributed by atoms with Crippen LogP contribution >= 0.6 is 15.9 Å². The summed E-state index contributed by atoms with van der Waals surface area (Å²) >= 11 is 3.35. The molecule has 2 amide bonds. The number of pyridine rings is 1. The van der Waals surface area contributed by atoms with E-state index in [1.54, 1.807) is 29.4 Å². The van der Waals surface area contributed by atoms with Crippen LogP contribution in [0.4, 0.5) is 5.82 Å². The molecular formula is C28H28BrN5O3. The molecule has 3 aromatic rings. The quantitative estimate of drug-likeness (QED) is 0.346. The Morgan fingerprint density at radius 1 is 1.08 bits per heavy atom. The molecule has 3 atom stereocenters. The first-order chi connectivity index (χ1) is 17.5. The first-order valence-electron chi connectivity index (χ1n) is 12.2. The number of rotatable bonds is 6. The van der Waals surface area contributed by atoms with Gasteiger partial charge in [0.25, 0.3) is 0 Å². The predicted molar refractivity (Wildman–Crippen MR) is 143 cm³/mol. The van der Waals surface area contributed by atoms with Crippen molar-refractivity contribution in [3.05, 3.63) is 69.8 Å². The number of hydrogen-bond donors (Lipinski definition) is 1. The fourth-order valence-corrected chi connectivity index (χ4v) is 5.47. The van der Waals surface area contributed by atoms with Gasteiger partial charge in [0.2, 0.25) is 11.8 Å². The van der Waals surface area contributed by atoms with Gasteiger partial charge in [-0.15, -0.1) is 0 Å². The van der Waals surface area contributed by atoms with E-state index >= 15 is 0 Å². The lowest BCUT2D eigenvalue weighted by Crippen LogP contribution is -2.46. The van der Waals surface area contributed by atoms with Gasteiger partial charge in [0.1, 0.15) is 22.3 Å². The van der Waals surface area contributed by atoms with E-state index in [-0.39, 0.29) is 35.5 Å². The molecule has 2 aliphatic rings. The molecule has 3 heterocycles. The normalized spacial score (nSPS) is 21.9. The predicted octanol–water partition coefficient (Wildman–Crippen LogP) is 4.68. The zero-order valence-corrected chi connectivity index (χ0v) is 22.8. The molecule has 0 unspecified atom stereocenters. The molecule has 1 N–H and O–H groups in total. The second kappa shape index (κ2) is 9.45. The molecule has 0 spiro atoms. The van der Waals surface area contributed by atoms with Gasteiger partial charge in [0.15, 0.2) is 5.78 Å². The van der Waals surface area contributed by atoms with Gasteiger partial charge < -0.3 is 10.2 Å². The minimum Gasteiger partial charge on any atom is -0.327 e. The Kier molecular flexibility index (Phi) is 6.43. The van der Waals surface area contributed by atoms with Crippen LogP contribution in [0.25, 0.3) is 11.1 Å². The summed E-state index contributed by atoms with van der Waals surface area (Å²) < 4.78 is 0.627. The summed E-state index contributed by atoms with van der Waals surface area (Å²) in [6.45, 7) is 7.32. The van der Waals surface area contributed by atoms with Crippen molar-refractivity contribution in [2.75, 3.05) is 5.32 Å². The number of aromatic nitrogens is 3. The molecule has 0 bridgehead atoms. The summed E-state index contributed by atoms with van der Waals surface area (Å²) in [6, 6.07) is 8.60. The second-order valence-corrected chi connectivity index (χ2v) is 11.2. The number of hydrogen-bond acceptors (Lipinski definition) is 6. The summed E-state index contributed by atoms with van der Waals surface area (Å²) in [5.74, 6) is 0.689. The third kappa shape index (κ3) is 5.05. The van der Waals surface area contributed by atoms with Crippen LogP contribution in [-0.2, 0) is 16.0 Å². The lowest BCUT2D eigenvalue weighted by atomic mass is 9.97. The van der Waals surface area contributed by atoms with E-state index in [4.69, 9.17) is 0 Å². The Morgan fingerprint density at radius 3 is 2.51 bits per heavy atom. The Hall–Kier alpha value is -3.46. The average Bonchev–Trinajstić information content (AvgIpc) is 3.41. The van der Waals surface area contributed by atoms with E-state index < -0.39 is 6.04 Å². The van der Waals surface area contributed by atoms with Crippen molar-refractivity contribution in [1.29, 1.82) is 0 Å². The van der Waals surface area contributed by atoms with Crippen molar-refractivity contribution in [3.63, 3.8) is 0 Å². The van der Waals surface area contributed by atoms with Crippen LogP contribution in [0, 0.1) is 19.3 Å². The third-order valence-electron chi connectivity index (χ3n) is 7.40. The minimum absolute atomic E-state index is 0.0354. The smallest absolute Gasteiger partial charge is 0.248 e. The highest BCUT2D eigenvalue weighted by atomic mass is 79.9. The fraction of sp³-hybridized carbons (Fsp3) is 0.357. The molecule has 1 saturated carbocycles. The molecule has 37 heavy (non-hydrogen) atoms. The summed E-state index contributed by atoms with van der Waals surface area (Å²) in [4.78, 5) is 53.9. The zero-order valence-electron chi connectivity index (χ0n) is 21.2. The number of nitrogens with one attached hydrogen (secondary N) is 1. The fourth-order valence-electron chi connectivity index (χ4n) is 5.16. The monoisotopic (exact) mass is 561 g/mol. The number of aryl methyl sites for hydroxylation is 2. The zero-order chi connectivity index (χ0) is 26.5. The van der Waals surface area contributed by atoms with Crippen LogP contribution in [0.1, 0.15) is 54.0 Å². The van der Waals surface area contributed by atoms with Crippen LogP contribution in [-0.4, -0.2) is 49.5 Å². The van der Waals surface area contributed by atoms with E-state index in [9.17, 15) is 14.4 Å². The van der Waals surface area contributed by atoms with Gasteiger partial charge in [0.05, 0.1) is 6.42 Å².